The van der Waals surface area contributed by atoms with Gasteiger partial charge in [-0.25, -0.2) is 32.1 Å². The summed E-state index contributed by atoms with van der Waals surface area (Å²) in [6.45, 7) is 4.24. The topological polar surface area (TPSA) is 200 Å². The van der Waals surface area contributed by atoms with Gasteiger partial charge in [0.1, 0.15) is 40.2 Å². The van der Waals surface area contributed by atoms with E-state index < -0.39 is 23.4 Å². The lowest BCUT2D eigenvalue weighted by atomic mass is 10.1. The minimum absolute atomic E-state index is 0.0702. The van der Waals surface area contributed by atoms with Crippen LogP contribution in [-0.4, -0.2) is 80.2 Å². The molecular weight excluding hydrogens is 895 g/mol. The van der Waals surface area contributed by atoms with Gasteiger partial charge < -0.3 is 36.6 Å². The average molecular weight is 942 g/mol. The summed E-state index contributed by atoms with van der Waals surface area (Å²) in [6, 6.07) is 19.3. The van der Waals surface area contributed by atoms with Gasteiger partial charge in [0, 0.05) is 57.4 Å². The van der Waals surface area contributed by atoms with Gasteiger partial charge in [0.15, 0.2) is 11.6 Å². The molecule has 0 bridgehead atoms. The van der Waals surface area contributed by atoms with Gasteiger partial charge in [-0.2, -0.15) is 15.0 Å². The van der Waals surface area contributed by atoms with E-state index in [9.17, 15) is 27.2 Å². The molecule has 69 heavy (non-hydrogen) atoms. The van der Waals surface area contributed by atoms with Crippen LogP contribution in [0.1, 0.15) is 61.8 Å². The van der Waals surface area contributed by atoms with Crippen LogP contribution in [-0.2, 0) is 25.9 Å². The number of hydrogen-bond acceptors (Lipinski definition) is 12. The van der Waals surface area contributed by atoms with Gasteiger partial charge in [-0.1, -0.05) is 24.3 Å². The molecule has 10 rings (SSSR count). The quantitative estimate of drug-likeness (QED) is 0.0946. The van der Waals surface area contributed by atoms with Gasteiger partial charge in [-0.05, 0) is 92.3 Å². The van der Waals surface area contributed by atoms with Crippen LogP contribution in [0.2, 0.25) is 0 Å². The van der Waals surface area contributed by atoms with Gasteiger partial charge in [0.2, 0.25) is 17.8 Å². The fourth-order valence-electron chi connectivity index (χ4n) is 8.94. The predicted octanol–water partition coefficient (Wildman–Crippen LogP) is 7.30. The zero-order valence-electron chi connectivity index (χ0n) is 38.1. The van der Waals surface area contributed by atoms with E-state index in [1.165, 1.54) is 48.1 Å². The molecule has 2 aliphatic heterocycles. The Balaban J connectivity index is 0.000000172. The number of ether oxygens (including phenoxy) is 1. The van der Waals surface area contributed by atoms with E-state index in [-0.39, 0.29) is 45.8 Å². The van der Waals surface area contributed by atoms with Gasteiger partial charge in [0.05, 0.1) is 40.7 Å². The zero-order valence-corrected chi connectivity index (χ0v) is 38.1. The summed E-state index contributed by atoms with van der Waals surface area (Å²) in [7, 11) is 5.35. The van der Waals surface area contributed by atoms with Crippen LogP contribution in [0.5, 0.6) is 6.01 Å². The Morgan fingerprint density at radius 3 is 1.65 bits per heavy atom. The Labute approximate surface area is 393 Å². The Hall–Kier alpha value is -8.29. The number of carbonyl (C=O) groups is 2. The Bertz CT molecular complexity index is 3320. The van der Waals surface area contributed by atoms with Crippen molar-refractivity contribution in [3.05, 3.63) is 141 Å². The minimum Gasteiger partial charge on any atom is -0.468 e. The molecule has 0 aliphatic carbocycles. The number of aromatic nitrogens is 7. The van der Waals surface area contributed by atoms with Crippen LogP contribution in [0.4, 0.5) is 40.6 Å². The average Bonchev–Trinajstić information content (AvgIpc) is 3.85. The first-order valence-corrected chi connectivity index (χ1v) is 22.1. The Morgan fingerprint density at radius 1 is 0.638 bits per heavy atom. The second kappa shape index (κ2) is 18.8. The minimum atomic E-state index is -0.813. The number of imidazole rings is 1. The third-order valence-corrected chi connectivity index (χ3v) is 12.0. The molecule has 20 heteroatoms. The molecule has 354 valence electrons. The van der Waals surface area contributed by atoms with Crippen LogP contribution in [0.15, 0.2) is 78.9 Å². The number of methoxy groups -OCH3 is 1. The molecule has 2 amide bonds. The molecular formula is C49H47F4N13O3. The number of fused-ring (bicyclic) bond motifs is 4. The number of amides is 2. The van der Waals surface area contributed by atoms with Gasteiger partial charge in [0.25, 0.3) is 5.91 Å². The van der Waals surface area contributed by atoms with E-state index in [1.807, 2.05) is 33.2 Å². The number of rotatable bonds is 11. The van der Waals surface area contributed by atoms with E-state index in [0.717, 1.165) is 84.1 Å². The SMILES string of the molecule is COc1nc2c(C(N)=O)cc(F)cc2n1-c1nc2c(c(NCc3cccc(F)c3)n1)N(C)CCC2.Cc1cc2c(C(N)=O)cc(F)cc2n1-c1nc2c(c(NCc3cccc(F)c3)n1)N(C)CCC2. The van der Waals surface area contributed by atoms with Crippen molar-refractivity contribution in [2.75, 3.05) is 54.7 Å². The second-order valence-electron chi connectivity index (χ2n) is 16.8. The highest BCUT2D eigenvalue weighted by atomic mass is 19.1. The molecule has 2 aliphatic rings. The molecule has 6 heterocycles. The lowest BCUT2D eigenvalue weighted by molar-refractivity contribution is 0.0993. The van der Waals surface area contributed by atoms with Crippen molar-refractivity contribution in [3.63, 3.8) is 0 Å². The number of anilines is 4. The standard InChI is InChI=1S/C25H24F2N6O.C24H23F2N7O2/c1-14-9-18-19(23(28)34)11-17(27)12-21(18)33(14)25-30-20-7-4-8-32(2)22(20)24(31-25)29-13-15-5-3-6-16(26)10-15;1-32-8-4-7-17-20(32)22(28-12-13-5-3-6-14(25)9-13)31-23(29-17)33-18-11-15(26)10-16(21(27)34)19(18)30-24(33)35-2/h3,5-6,9-12H,4,7-8,13H2,1-2H3,(H2,28,34)(H,29,30,31);3,5-6,9-11H,4,7-8,12H2,1-2H3,(H2,27,34)(H,28,29,31). The van der Waals surface area contributed by atoms with Crippen LogP contribution in [0.3, 0.4) is 0 Å². The van der Waals surface area contributed by atoms with Crippen molar-refractivity contribution in [3.8, 4) is 17.9 Å². The summed E-state index contributed by atoms with van der Waals surface area (Å²) in [6.07, 6.45) is 3.31. The molecule has 8 aromatic rings. The molecule has 0 spiro atoms. The third-order valence-electron chi connectivity index (χ3n) is 12.0. The van der Waals surface area contributed by atoms with Crippen molar-refractivity contribution < 1.29 is 31.9 Å². The van der Waals surface area contributed by atoms with Gasteiger partial charge in [-0.15, -0.1) is 0 Å². The second-order valence-corrected chi connectivity index (χ2v) is 16.8. The maximum atomic E-state index is 14.4. The normalized spacial score (nSPS) is 13.2. The number of aryl methyl sites for hydroxylation is 3. The van der Waals surface area contributed by atoms with Crippen molar-refractivity contribution in [1.29, 1.82) is 0 Å². The highest BCUT2D eigenvalue weighted by Crippen LogP contribution is 2.37. The molecule has 0 unspecified atom stereocenters. The number of nitrogens with zero attached hydrogens (tertiary/aromatic N) is 9. The molecule has 0 saturated carbocycles. The molecule has 6 N–H and O–H groups in total. The maximum absolute atomic E-state index is 14.4. The van der Waals surface area contributed by atoms with E-state index in [2.05, 4.69) is 25.4 Å². The molecule has 0 atom stereocenters. The van der Waals surface area contributed by atoms with E-state index in [0.29, 0.717) is 48.0 Å². The molecule has 0 radical (unpaired) electrons. The number of nitrogens with two attached hydrogens (primary N) is 2. The number of halogens is 4. The van der Waals surface area contributed by atoms with E-state index in [4.69, 9.17) is 36.1 Å². The molecule has 16 nitrogen and oxygen atoms in total. The summed E-state index contributed by atoms with van der Waals surface area (Å²) >= 11 is 0. The smallest absolute Gasteiger partial charge is 0.304 e. The summed E-state index contributed by atoms with van der Waals surface area (Å²) in [5, 5.41) is 7.17. The third kappa shape index (κ3) is 9.11. The van der Waals surface area contributed by atoms with Crippen molar-refractivity contribution in [2.24, 2.45) is 11.5 Å². The highest BCUT2D eigenvalue weighted by Gasteiger charge is 2.28. The van der Waals surface area contributed by atoms with Crippen LogP contribution >= 0.6 is 0 Å². The van der Waals surface area contributed by atoms with Gasteiger partial charge >= 0.3 is 6.01 Å². The first-order chi connectivity index (χ1) is 33.2. The fraction of sp³-hybridized carbons (Fsp3) is 0.245. The maximum Gasteiger partial charge on any atom is 0.304 e. The predicted molar refractivity (Wildman–Crippen MR) is 254 cm³/mol. The number of carbonyl (C=O) groups excluding carboxylic acids is 2. The highest BCUT2D eigenvalue weighted by molar-refractivity contribution is 6.06. The van der Waals surface area contributed by atoms with E-state index in [1.54, 1.807) is 22.8 Å². The monoisotopic (exact) mass is 941 g/mol. The summed E-state index contributed by atoms with van der Waals surface area (Å²) in [5.74, 6) is -1.66. The summed E-state index contributed by atoms with van der Waals surface area (Å²) < 4.78 is 64.8. The van der Waals surface area contributed by atoms with Gasteiger partial charge in [-0.3, -0.25) is 14.2 Å². The number of hydrogen-bond donors (Lipinski definition) is 4. The molecule has 4 aromatic carbocycles. The lowest BCUT2D eigenvalue weighted by Crippen LogP contribution is -2.28. The fourth-order valence-corrected chi connectivity index (χ4v) is 8.94. The summed E-state index contributed by atoms with van der Waals surface area (Å²) in [5.41, 5.74) is 17.5. The first kappa shape index (κ1) is 45.8. The van der Waals surface area contributed by atoms with Crippen molar-refractivity contribution >= 4 is 56.8 Å². The molecule has 4 aromatic heterocycles. The van der Waals surface area contributed by atoms with Crippen LogP contribution in [0, 0.1) is 30.2 Å². The van der Waals surface area contributed by atoms with Crippen LogP contribution < -0.4 is 36.6 Å². The van der Waals surface area contributed by atoms with E-state index >= 15 is 0 Å². The Morgan fingerprint density at radius 2 is 1.14 bits per heavy atom. The number of nitrogens with one attached hydrogen (secondary N) is 2. The number of benzene rings is 4. The lowest BCUT2D eigenvalue weighted by Gasteiger charge is -2.29. The number of primary amides is 2. The zero-order chi connectivity index (χ0) is 48.7. The summed E-state index contributed by atoms with van der Waals surface area (Å²) in [4.78, 5) is 51.5. The first-order valence-electron chi connectivity index (χ1n) is 22.1. The van der Waals surface area contributed by atoms with Crippen LogP contribution in [0.25, 0.3) is 33.8 Å². The van der Waals surface area contributed by atoms with Crippen molar-refractivity contribution in [1.82, 2.24) is 34.1 Å². The molecule has 0 fully saturated rings. The molecule has 0 saturated heterocycles. The Kier molecular flexibility index (Phi) is 12.5. The largest absolute Gasteiger partial charge is 0.468 e. The van der Waals surface area contributed by atoms with Crippen molar-refractivity contribution in [2.45, 2.75) is 45.7 Å².